The van der Waals surface area contributed by atoms with Gasteiger partial charge in [0.2, 0.25) is 0 Å². The van der Waals surface area contributed by atoms with Crippen molar-refractivity contribution in [2.24, 2.45) is 0 Å². The van der Waals surface area contributed by atoms with E-state index in [1.165, 1.54) is 5.56 Å². The molecule has 0 amide bonds. The van der Waals surface area contributed by atoms with Crippen molar-refractivity contribution in [3.63, 3.8) is 0 Å². The topological polar surface area (TPSA) is 47.0 Å². The van der Waals surface area contributed by atoms with E-state index in [4.69, 9.17) is 4.74 Å². The number of aryl methyl sites for hydroxylation is 1. The molecule has 19 heavy (non-hydrogen) atoms. The lowest BCUT2D eigenvalue weighted by Crippen LogP contribution is -2.08. The molecule has 0 bridgehead atoms. The monoisotopic (exact) mass is 255 g/mol. The maximum Gasteiger partial charge on any atom is 0.166 e. The van der Waals surface area contributed by atoms with Crippen LogP contribution in [0.4, 0.5) is 0 Å². The highest BCUT2D eigenvalue weighted by atomic mass is 16.5. The molecule has 0 aliphatic carbocycles. The van der Waals surface area contributed by atoms with Crippen molar-refractivity contribution in [2.75, 3.05) is 0 Å². The average molecular weight is 255 g/mol. The summed E-state index contributed by atoms with van der Waals surface area (Å²) in [5, 5.41) is 3.32. The van der Waals surface area contributed by atoms with Gasteiger partial charge in [-0.05, 0) is 18.6 Å². The largest absolute Gasteiger partial charge is 0.486 e. The van der Waals surface area contributed by atoms with Gasteiger partial charge in [-0.1, -0.05) is 25.1 Å². The van der Waals surface area contributed by atoms with Crippen LogP contribution in [0.2, 0.25) is 0 Å². The third kappa shape index (κ3) is 2.58. The molecule has 1 N–H and O–H groups in total. The van der Waals surface area contributed by atoms with Crippen LogP contribution in [0.25, 0.3) is 0 Å². The molecule has 98 valence electrons. The SMILES string of the molecule is CCc1nc(COc2ccccc2)nc2c1CNC2. The molecule has 0 spiro atoms. The van der Waals surface area contributed by atoms with E-state index in [2.05, 4.69) is 22.2 Å². The van der Waals surface area contributed by atoms with Gasteiger partial charge in [-0.25, -0.2) is 9.97 Å². The summed E-state index contributed by atoms with van der Waals surface area (Å²) in [6.45, 7) is 4.27. The zero-order chi connectivity index (χ0) is 13.1. The molecule has 4 heteroatoms. The smallest absolute Gasteiger partial charge is 0.166 e. The summed E-state index contributed by atoms with van der Waals surface area (Å²) in [7, 11) is 0. The normalized spacial score (nSPS) is 13.3. The Bertz CT molecular complexity index is 569. The highest BCUT2D eigenvalue weighted by Crippen LogP contribution is 2.18. The van der Waals surface area contributed by atoms with Gasteiger partial charge in [0.1, 0.15) is 12.4 Å². The van der Waals surface area contributed by atoms with Gasteiger partial charge in [-0.15, -0.1) is 0 Å². The van der Waals surface area contributed by atoms with Gasteiger partial charge in [0.15, 0.2) is 5.82 Å². The molecule has 0 saturated carbocycles. The first-order valence-corrected chi connectivity index (χ1v) is 6.63. The number of hydrogen-bond acceptors (Lipinski definition) is 4. The lowest BCUT2D eigenvalue weighted by Gasteiger charge is -2.09. The van der Waals surface area contributed by atoms with Crippen LogP contribution in [0.3, 0.4) is 0 Å². The molecule has 0 fully saturated rings. The zero-order valence-electron chi connectivity index (χ0n) is 11.0. The maximum atomic E-state index is 5.71. The first-order chi connectivity index (χ1) is 9.36. The highest BCUT2D eigenvalue weighted by Gasteiger charge is 2.17. The second-order valence-electron chi connectivity index (χ2n) is 4.57. The Labute approximate surface area is 112 Å². The number of hydrogen-bond donors (Lipinski definition) is 1. The van der Waals surface area contributed by atoms with E-state index in [1.807, 2.05) is 30.3 Å². The number of benzene rings is 1. The van der Waals surface area contributed by atoms with E-state index in [0.717, 1.165) is 42.5 Å². The van der Waals surface area contributed by atoms with E-state index in [1.54, 1.807) is 0 Å². The highest BCUT2D eigenvalue weighted by molar-refractivity contribution is 5.29. The van der Waals surface area contributed by atoms with Crippen LogP contribution in [-0.4, -0.2) is 9.97 Å². The Kier molecular flexibility index (Phi) is 3.42. The Balaban J connectivity index is 1.78. The first-order valence-electron chi connectivity index (χ1n) is 6.63. The maximum absolute atomic E-state index is 5.71. The molecular formula is C15H17N3O. The van der Waals surface area contributed by atoms with Gasteiger partial charge >= 0.3 is 0 Å². The van der Waals surface area contributed by atoms with Crippen LogP contribution in [0.15, 0.2) is 30.3 Å². The number of aromatic nitrogens is 2. The van der Waals surface area contributed by atoms with Crippen molar-refractivity contribution in [1.82, 2.24) is 15.3 Å². The fourth-order valence-corrected chi connectivity index (χ4v) is 2.32. The van der Waals surface area contributed by atoms with Gasteiger partial charge in [0.25, 0.3) is 0 Å². The fourth-order valence-electron chi connectivity index (χ4n) is 2.32. The zero-order valence-corrected chi connectivity index (χ0v) is 11.0. The van der Waals surface area contributed by atoms with Gasteiger partial charge < -0.3 is 10.1 Å². The predicted molar refractivity (Wildman–Crippen MR) is 72.7 cm³/mol. The van der Waals surface area contributed by atoms with Crippen molar-refractivity contribution in [1.29, 1.82) is 0 Å². The van der Waals surface area contributed by atoms with Crippen molar-refractivity contribution < 1.29 is 4.74 Å². The number of nitrogens with one attached hydrogen (secondary N) is 1. The van der Waals surface area contributed by atoms with Crippen molar-refractivity contribution in [2.45, 2.75) is 33.0 Å². The van der Waals surface area contributed by atoms with Crippen LogP contribution in [-0.2, 0) is 26.1 Å². The second kappa shape index (κ2) is 5.36. The summed E-state index contributed by atoms with van der Waals surface area (Å²) < 4.78 is 5.71. The Morgan fingerprint density at radius 1 is 1.16 bits per heavy atom. The molecule has 1 aromatic carbocycles. The van der Waals surface area contributed by atoms with Gasteiger partial charge in [0, 0.05) is 24.3 Å². The number of fused-ring (bicyclic) bond motifs is 1. The molecule has 1 aromatic heterocycles. The molecule has 0 saturated heterocycles. The molecule has 0 unspecified atom stereocenters. The lowest BCUT2D eigenvalue weighted by molar-refractivity contribution is 0.295. The molecule has 0 radical (unpaired) electrons. The average Bonchev–Trinajstić information content (AvgIpc) is 2.93. The van der Waals surface area contributed by atoms with Crippen molar-refractivity contribution in [3.8, 4) is 5.75 Å². The summed E-state index contributed by atoms with van der Waals surface area (Å²) in [6, 6.07) is 9.77. The van der Waals surface area contributed by atoms with Crippen molar-refractivity contribution >= 4 is 0 Å². The second-order valence-corrected chi connectivity index (χ2v) is 4.57. The molecule has 2 heterocycles. The summed E-state index contributed by atoms with van der Waals surface area (Å²) in [5.41, 5.74) is 3.53. The molecule has 2 aromatic rings. The van der Waals surface area contributed by atoms with E-state index in [-0.39, 0.29) is 0 Å². The fraction of sp³-hybridized carbons (Fsp3) is 0.333. The van der Waals surface area contributed by atoms with E-state index >= 15 is 0 Å². The van der Waals surface area contributed by atoms with Crippen LogP contribution in [0, 0.1) is 0 Å². The Hall–Kier alpha value is -1.94. The summed E-state index contributed by atoms with van der Waals surface area (Å²) >= 11 is 0. The summed E-state index contributed by atoms with van der Waals surface area (Å²) in [6.07, 6.45) is 0.935. The molecular weight excluding hydrogens is 238 g/mol. The summed E-state index contributed by atoms with van der Waals surface area (Å²) in [5.74, 6) is 1.62. The van der Waals surface area contributed by atoms with Crippen molar-refractivity contribution in [3.05, 3.63) is 53.1 Å². The van der Waals surface area contributed by atoms with E-state index < -0.39 is 0 Å². The first kappa shape index (κ1) is 12.1. The van der Waals surface area contributed by atoms with Gasteiger partial charge in [-0.2, -0.15) is 0 Å². The number of ether oxygens (including phenoxy) is 1. The molecule has 0 atom stereocenters. The molecule has 1 aliphatic rings. The lowest BCUT2D eigenvalue weighted by atomic mass is 10.1. The minimum atomic E-state index is 0.421. The van der Waals surface area contributed by atoms with Crippen LogP contribution < -0.4 is 10.1 Å². The third-order valence-electron chi connectivity index (χ3n) is 3.26. The predicted octanol–water partition coefficient (Wildman–Crippen LogP) is 2.22. The van der Waals surface area contributed by atoms with Crippen LogP contribution in [0.5, 0.6) is 5.75 Å². The van der Waals surface area contributed by atoms with Crippen LogP contribution in [0.1, 0.15) is 29.7 Å². The quantitative estimate of drug-likeness (QED) is 0.910. The minimum Gasteiger partial charge on any atom is -0.486 e. The third-order valence-corrected chi connectivity index (χ3v) is 3.26. The standard InChI is InChI=1S/C15H17N3O/c1-2-13-12-8-16-9-14(12)18-15(17-13)10-19-11-6-4-3-5-7-11/h3-7,16H,2,8-10H2,1H3. The van der Waals surface area contributed by atoms with E-state index in [0.29, 0.717) is 6.61 Å². The number of rotatable bonds is 4. The van der Waals surface area contributed by atoms with Crippen LogP contribution >= 0.6 is 0 Å². The molecule has 4 nitrogen and oxygen atoms in total. The minimum absolute atomic E-state index is 0.421. The van der Waals surface area contributed by atoms with E-state index in [9.17, 15) is 0 Å². The van der Waals surface area contributed by atoms with Gasteiger partial charge in [0.05, 0.1) is 5.69 Å². The number of para-hydroxylation sites is 1. The summed E-state index contributed by atoms with van der Waals surface area (Å²) in [4.78, 5) is 9.18. The Morgan fingerprint density at radius 2 is 2.00 bits per heavy atom. The van der Waals surface area contributed by atoms with Gasteiger partial charge in [-0.3, -0.25) is 0 Å². The molecule has 3 rings (SSSR count). The number of nitrogens with zero attached hydrogens (tertiary/aromatic N) is 2. The molecule has 1 aliphatic heterocycles. The Morgan fingerprint density at radius 3 is 2.79 bits per heavy atom.